The van der Waals surface area contributed by atoms with Crippen molar-refractivity contribution in [3.8, 4) is 0 Å². The molecule has 30 heavy (non-hydrogen) atoms. The van der Waals surface area contributed by atoms with Gasteiger partial charge in [-0.1, -0.05) is 37.3 Å². The summed E-state index contributed by atoms with van der Waals surface area (Å²) in [4.78, 5) is 29.9. The third kappa shape index (κ3) is 4.41. The van der Waals surface area contributed by atoms with Crippen LogP contribution in [-0.2, 0) is 6.42 Å². The maximum absolute atomic E-state index is 12.6. The van der Waals surface area contributed by atoms with E-state index in [4.69, 9.17) is 4.42 Å². The lowest BCUT2D eigenvalue weighted by molar-refractivity contribution is 0.0952. The van der Waals surface area contributed by atoms with Crippen molar-refractivity contribution in [1.82, 2.24) is 10.3 Å². The average Bonchev–Trinajstić information content (AvgIpc) is 3.39. The second-order valence-corrected chi connectivity index (χ2v) is 7.98. The summed E-state index contributed by atoms with van der Waals surface area (Å²) in [6.45, 7) is 2.69. The predicted octanol–water partition coefficient (Wildman–Crippen LogP) is 4.87. The van der Waals surface area contributed by atoms with E-state index in [0.717, 1.165) is 22.2 Å². The first kappa shape index (κ1) is 19.8. The molecule has 2 N–H and O–H groups in total. The Bertz CT molecular complexity index is 1180. The van der Waals surface area contributed by atoms with Gasteiger partial charge in [-0.25, -0.2) is 4.98 Å². The number of furan rings is 1. The van der Waals surface area contributed by atoms with Crippen molar-refractivity contribution in [2.75, 3.05) is 11.9 Å². The summed E-state index contributed by atoms with van der Waals surface area (Å²) in [5, 5.41) is 7.02. The normalized spacial score (nSPS) is 10.8. The molecule has 4 aromatic rings. The highest BCUT2D eigenvalue weighted by atomic mass is 32.1. The molecule has 4 rings (SSSR count). The smallest absolute Gasteiger partial charge is 0.261 e. The molecule has 0 spiro atoms. The molecule has 2 amide bonds. The summed E-state index contributed by atoms with van der Waals surface area (Å²) in [5.41, 5.74) is 2.88. The standard InChI is InChI=1S/C23H21N3O3S/c1-2-11-24-21(27)16-9-7-15(8-10-16)12-17-13-25-23(30-17)26-22(28)19-14-29-20-6-4-3-5-18(19)20/h3-10,13-14H,2,11-12H2,1H3,(H,24,27)(H,25,26,28). The molecule has 0 fully saturated rings. The van der Waals surface area contributed by atoms with Crippen molar-refractivity contribution >= 4 is 39.3 Å². The fraction of sp³-hybridized carbons (Fsp3) is 0.174. The summed E-state index contributed by atoms with van der Waals surface area (Å²) >= 11 is 1.43. The Labute approximate surface area is 177 Å². The van der Waals surface area contributed by atoms with Gasteiger partial charge < -0.3 is 9.73 Å². The third-order valence-electron chi connectivity index (χ3n) is 4.63. The maximum atomic E-state index is 12.6. The Morgan fingerprint density at radius 2 is 1.87 bits per heavy atom. The van der Waals surface area contributed by atoms with Crippen LogP contribution in [0.5, 0.6) is 0 Å². The Balaban J connectivity index is 1.39. The molecule has 0 aliphatic heterocycles. The largest absolute Gasteiger partial charge is 0.463 e. The number of anilines is 1. The van der Waals surface area contributed by atoms with Crippen molar-refractivity contribution in [2.24, 2.45) is 0 Å². The minimum Gasteiger partial charge on any atom is -0.463 e. The molecule has 0 bridgehead atoms. The molecule has 0 saturated carbocycles. The molecular weight excluding hydrogens is 398 g/mol. The lowest BCUT2D eigenvalue weighted by Crippen LogP contribution is -2.23. The van der Waals surface area contributed by atoms with E-state index in [9.17, 15) is 9.59 Å². The van der Waals surface area contributed by atoms with E-state index in [1.165, 1.54) is 17.6 Å². The van der Waals surface area contributed by atoms with Gasteiger partial charge in [-0.05, 0) is 30.2 Å². The van der Waals surface area contributed by atoms with E-state index in [1.807, 2.05) is 55.5 Å². The fourth-order valence-electron chi connectivity index (χ4n) is 3.08. The number of hydrogen-bond acceptors (Lipinski definition) is 5. The van der Waals surface area contributed by atoms with E-state index in [2.05, 4.69) is 15.6 Å². The fourth-order valence-corrected chi connectivity index (χ4v) is 3.92. The first-order chi connectivity index (χ1) is 14.6. The topological polar surface area (TPSA) is 84.2 Å². The lowest BCUT2D eigenvalue weighted by Gasteiger charge is -2.04. The highest BCUT2D eigenvalue weighted by molar-refractivity contribution is 7.15. The van der Waals surface area contributed by atoms with Crippen LogP contribution in [-0.4, -0.2) is 23.3 Å². The molecule has 0 atom stereocenters. The molecule has 0 aliphatic carbocycles. The van der Waals surface area contributed by atoms with E-state index in [1.54, 1.807) is 6.20 Å². The van der Waals surface area contributed by atoms with Gasteiger partial charge in [-0.3, -0.25) is 14.9 Å². The van der Waals surface area contributed by atoms with Crippen molar-refractivity contribution < 1.29 is 14.0 Å². The average molecular weight is 420 g/mol. The lowest BCUT2D eigenvalue weighted by atomic mass is 10.1. The number of nitrogens with zero attached hydrogens (tertiary/aromatic N) is 1. The molecule has 7 heteroatoms. The second kappa shape index (κ2) is 8.92. The summed E-state index contributed by atoms with van der Waals surface area (Å²) in [5.74, 6) is -0.304. The molecule has 2 aromatic heterocycles. The number of fused-ring (bicyclic) bond motifs is 1. The number of carbonyl (C=O) groups is 2. The van der Waals surface area contributed by atoms with E-state index in [-0.39, 0.29) is 11.8 Å². The molecule has 0 aliphatic rings. The number of aromatic nitrogens is 1. The van der Waals surface area contributed by atoms with Gasteiger partial charge in [-0.15, -0.1) is 11.3 Å². The van der Waals surface area contributed by atoms with Gasteiger partial charge in [0.25, 0.3) is 11.8 Å². The maximum Gasteiger partial charge on any atom is 0.261 e. The Morgan fingerprint density at radius 1 is 1.07 bits per heavy atom. The highest BCUT2D eigenvalue weighted by Crippen LogP contribution is 2.25. The zero-order valence-corrected chi connectivity index (χ0v) is 17.3. The summed E-state index contributed by atoms with van der Waals surface area (Å²) < 4.78 is 5.43. The molecular formula is C23H21N3O3S. The quantitative estimate of drug-likeness (QED) is 0.447. The second-order valence-electron chi connectivity index (χ2n) is 6.86. The summed E-state index contributed by atoms with van der Waals surface area (Å²) in [6.07, 6.45) is 4.81. The van der Waals surface area contributed by atoms with Gasteiger partial charge in [0.15, 0.2) is 5.13 Å². The first-order valence-corrected chi connectivity index (χ1v) is 10.5. The molecule has 2 heterocycles. The number of amides is 2. The number of para-hydroxylation sites is 1. The van der Waals surface area contributed by atoms with E-state index in [0.29, 0.717) is 34.8 Å². The number of thiazole rings is 1. The van der Waals surface area contributed by atoms with E-state index < -0.39 is 0 Å². The number of benzene rings is 2. The molecule has 0 radical (unpaired) electrons. The first-order valence-electron chi connectivity index (χ1n) is 9.73. The van der Waals surface area contributed by atoms with E-state index >= 15 is 0 Å². The number of carbonyl (C=O) groups excluding carboxylic acids is 2. The van der Waals surface area contributed by atoms with Crippen LogP contribution in [0.15, 0.2) is 65.4 Å². The third-order valence-corrected chi connectivity index (χ3v) is 5.54. The van der Waals surface area contributed by atoms with Crippen LogP contribution in [0.25, 0.3) is 11.0 Å². The van der Waals surface area contributed by atoms with Crippen LogP contribution < -0.4 is 10.6 Å². The summed E-state index contributed by atoms with van der Waals surface area (Å²) in [7, 11) is 0. The number of hydrogen-bond donors (Lipinski definition) is 2. The van der Waals surface area contributed by atoms with Crippen molar-refractivity contribution in [3.05, 3.63) is 82.6 Å². The molecule has 0 unspecified atom stereocenters. The van der Waals surface area contributed by atoms with Crippen molar-refractivity contribution in [1.29, 1.82) is 0 Å². The van der Waals surface area contributed by atoms with Crippen LogP contribution in [0.2, 0.25) is 0 Å². The molecule has 0 saturated heterocycles. The molecule has 2 aromatic carbocycles. The molecule has 6 nitrogen and oxygen atoms in total. The Kier molecular flexibility index (Phi) is 5.90. The van der Waals surface area contributed by atoms with Gasteiger partial charge in [-0.2, -0.15) is 0 Å². The molecule has 152 valence electrons. The van der Waals surface area contributed by atoms with Gasteiger partial charge in [0.1, 0.15) is 11.8 Å². The van der Waals surface area contributed by atoms with Gasteiger partial charge in [0, 0.05) is 35.0 Å². The summed E-state index contributed by atoms with van der Waals surface area (Å²) in [6, 6.07) is 15.0. The minimum absolute atomic E-state index is 0.0574. The van der Waals surface area contributed by atoms with Gasteiger partial charge in [0.2, 0.25) is 0 Å². The van der Waals surface area contributed by atoms with Crippen molar-refractivity contribution in [3.63, 3.8) is 0 Å². The van der Waals surface area contributed by atoms with Gasteiger partial charge in [0.05, 0.1) is 5.56 Å². The van der Waals surface area contributed by atoms with Crippen LogP contribution >= 0.6 is 11.3 Å². The van der Waals surface area contributed by atoms with Gasteiger partial charge >= 0.3 is 0 Å². The predicted molar refractivity (Wildman–Crippen MR) is 118 cm³/mol. The van der Waals surface area contributed by atoms with Crippen molar-refractivity contribution in [2.45, 2.75) is 19.8 Å². The minimum atomic E-state index is -0.247. The number of nitrogens with one attached hydrogen (secondary N) is 2. The van der Waals surface area contributed by atoms with Crippen LogP contribution in [0, 0.1) is 0 Å². The highest BCUT2D eigenvalue weighted by Gasteiger charge is 2.15. The monoisotopic (exact) mass is 419 g/mol. The van der Waals surface area contributed by atoms with Crippen LogP contribution in [0.3, 0.4) is 0 Å². The number of rotatable bonds is 7. The van der Waals surface area contributed by atoms with Crippen LogP contribution in [0.4, 0.5) is 5.13 Å². The van der Waals surface area contributed by atoms with Crippen LogP contribution in [0.1, 0.15) is 44.5 Å². The Hall–Kier alpha value is -3.45. The SMILES string of the molecule is CCCNC(=O)c1ccc(Cc2cnc(NC(=O)c3coc4ccccc34)s2)cc1. The Morgan fingerprint density at radius 3 is 2.67 bits per heavy atom. The zero-order valence-electron chi connectivity index (χ0n) is 16.5. The zero-order chi connectivity index (χ0) is 20.9.